The molecule has 0 bridgehead atoms. The zero-order valence-electron chi connectivity index (χ0n) is 16.3. The van der Waals surface area contributed by atoms with E-state index in [1.807, 2.05) is 49.3 Å². The first-order valence-corrected chi connectivity index (χ1v) is 8.82. The Balaban J connectivity index is 0.00000210. The Hall–Kier alpha value is -2.32. The molecule has 0 spiro atoms. The van der Waals surface area contributed by atoms with Crippen LogP contribution in [0, 0.1) is 0 Å². The molecular formula is C20H26Cl2N4O3. The molecule has 1 heterocycles. The second kappa shape index (κ2) is 11.0. The van der Waals surface area contributed by atoms with Gasteiger partial charge in [-0.05, 0) is 44.3 Å². The summed E-state index contributed by atoms with van der Waals surface area (Å²) >= 11 is 0. The smallest absolute Gasteiger partial charge is 0.408 e. The van der Waals surface area contributed by atoms with Crippen molar-refractivity contribution in [3.8, 4) is 0 Å². The number of halogens is 2. The lowest BCUT2D eigenvalue weighted by molar-refractivity contribution is -0.117. The standard InChI is InChI=1S/C20H24N4O3.2ClH/c1-23(2)10-11-24-17-13-15(8-9-18(17)27-20(24)26)22-19(25)16(21)12-14-6-4-3-5-7-14;;/h3-9,13,16H,10-12,21H2,1-2H3,(H,22,25);2*1H. The topological polar surface area (TPSA) is 93.5 Å². The number of fused-ring (bicyclic) bond motifs is 1. The molecule has 0 aliphatic carbocycles. The lowest BCUT2D eigenvalue weighted by atomic mass is 10.1. The number of benzene rings is 2. The van der Waals surface area contributed by atoms with Crippen molar-refractivity contribution < 1.29 is 9.21 Å². The molecule has 1 unspecified atom stereocenters. The molecule has 0 saturated heterocycles. The predicted octanol–water partition coefficient (Wildman–Crippen LogP) is 2.51. The molecule has 2 aromatic carbocycles. The van der Waals surface area contributed by atoms with Crippen LogP contribution in [0.2, 0.25) is 0 Å². The van der Waals surface area contributed by atoms with Crippen molar-refractivity contribution in [3.05, 3.63) is 64.6 Å². The number of anilines is 1. The van der Waals surface area contributed by atoms with Gasteiger partial charge in [0.1, 0.15) is 0 Å². The summed E-state index contributed by atoms with van der Waals surface area (Å²) in [6, 6.07) is 14.1. The van der Waals surface area contributed by atoms with Crippen LogP contribution < -0.4 is 16.8 Å². The summed E-state index contributed by atoms with van der Waals surface area (Å²) in [6.07, 6.45) is 0.453. The molecule has 0 aliphatic rings. The highest BCUT2D eigenvalue weighted by Crippen LogP contribution is 2.19. The fourth-order valence-corrected chi connectivity index (χ4v) is 2.85. The minimum atomic E-state index is -0.664. The number of likely N-dealkylation sites (N-methyl/N-ethyl adjacent to an activating group) is 1. The first-order chi connectivity index (χ1) is 12.9. The van der Waals surface area contributed by atoms with E-state index in [2.05, 4.69) is 5.32 Å². The van der Waals surface area contributed by atoms with Gasteiger partial charge in [0.05, 0.1) is 11.6 Å². The maximum absolute atomic E-state index is 12.4. The van der Waals surface area contributed by atoms with Crippen LogP contribution in [-0.4, -0.2) is 42.1 Å². The Kier molecular flexibility index (Phi) is 9.39. The fourth-order valence-electron chi connectivity index (χ4n) is 2.85. The summed E-state index contributed by atoms with van der Waals surface area (Å²) in [5.74, 6) is -0.681. The summed E-state index contributed by atoms with van der Waals surface area (Å²) in [5.41, 5.74) is 8.76. The third-order valence-electron chi connectivity index (χ3n) is 4.34. The van der Waals surface area contributed by atoms with Crippen molar-refractivity contribution >= 4 is 47.5 Å². The zero-order valence-corrected chi connectivity index (χ0v) is 18.0. The van der Waals surface area contributed by atoms with Crippen LogP contribution in [0.1, 0.15) is 5.56 Å². The number of amides is 1. The van der Waals surface area contributed by atoms with Crippen LogP contribution in [0.3, 0.4) is 0 Å². The SMILES string of the molecule is CN(C)CCn1c(=O)oc2ccc(NC(=O)C(N)Cc3ccccc3)cc21.Cl.Cl. The first kappa shape index (κ1) is 24.7. The molecule has 3 N–H and O–H groups in total. The zero-order chi connectivity index (χ0) is 19.4. The van der Waals surface area contributed by atoms with Gasteiger partial charge in [0, 0.05) is 18.8 Å². The Labute approximate surface area is 181 Å². The number of nitrogens with one attached hydrogen (secondary N) is 1. The number of nitrogens with zero attached hydrogens (tertiary/aromatic N) is 2. The molecular weight excluding hydrogens is 415 g/mol. The van der Waals surface area contributed by atoms with Crippen molar-refractivity contribution in [3.63, 3.8) is 0 Å². The Morgan fingerprint density at radius 3 is 2.52 bits per heavy atom. The van der Waals surface area contributed by atoms with Gasteiger partial charge < -0.3 is 20.4 Å². The highest BCUT2D eigenvalue weighted by atomic mass is 35.5. The maximum Gasteiger partial charge on any atom is 0.419 e. The van der Waals surface area contributed by atoms with Crippen molar-refractivity contribution in [2.24, 2.45) is 5.73 Å². The number of hydrogen-bond donors (Lipinski definition) is 2. The molecule has 158 valence electrons. The number of hydrogen-bond acceptors (Lipinski definition) is 5. The van der Waals surface area contributed by atoms with E-state index in [0.717, 1.165) is 5.56 Å². The van der Waals surface area contributed by atoms with Gasteiger partial charge in [-0.3, -0.25) is 9.36 Å². The summed E-state index contributed by atoms with van der Waals surface area (Å²) in [6.45, 7) is 1.21. The number of carbonyl (C=O) groups excluding carboxylic acids is 1. The normalized spacial score (nSPS) is 11.6. The van der Waals surface area contributed by atoms with E-state index in [4.69, 9.17) is 10.2 Å². The summed E-state index contributed by atoms with van der Waals surface area (Å²) in [5, 5.41) is 2.82. The van der Waals surface area contributed by atoms with Crippen LogP contribution in [0.4, 0.5) is 5.69 Å². The van der Waals surface area contributed by atoms with Crippen molar-refractivity contribution in [2.75, 3.05) is 26.0 Å². The average Bonchev–Trinajstić information content (AvgIpc) is 2.95. The van der Waals surface area contributed by atoms with Crippen LogP contribution >= 0.6 is 24.8 Å². The molecule has 9 heteroatoms. The monoisotopic (exact) mass is 440 g/mol. The molecule has 0 radical (unpaired) electrons. The van der Waals surface area contributed by atoms with Crippen molar-refractivity contribution in [2.45, 2.75) is 19.0 Å². The van der Waals surface area contributed by atoms with Gasteiger partial charge in [0.25, 0.3) is 0 Å². The second-order valence-electron chi connectivity index (χ2n) is 6.79. The number of rotatable bonds is 7. The number of nitrogens with two attached hydrogens (primary N) is 1. The van der Waals surface area contributed by atoms with E-state index in [0.29, 0.717) is 36.3 Å². The summed E-state index contributed by atoms with van der Waals surface area (Å²) in [4.78, 5) is 26.5. The van der Waals surface area contributed by atoms with Gasteiger partial charge in [-0.2, -0.15) is 0 Å². The first-order valence-electron chi connectivity index (χ1n) is 8.82. The molecule has 1 amide bonds. The molecule has 29 heavy (non-hydrogen) atoms. The number of carbonyl (C=O) groups is 1. The van der Waals surface area contributed by atoms with E-state index in [1.165, 1.54) is 0 Å². The third kappa shape index (κ3) is 6.33. The van der Waals surface area contributed by atoms with E-state index < -0.39 is 11.8 Å². The van der Waals surface area contributed by atoms with Crippen LogP contribution in [0.25, 0.3) is 11.1 Å². The summed E-state index contributed by atoms with van der Waals surface area (Å²) < 4.78 is 6.83. The van der Waals surface area contributed by atoms with Crippen LogP contribution in [-0.2, 0) is 17.8 Å². The van der Waals surface area contributed by atoms with E-state index in [9.17, 15) is 9.59 Å². The van der Waals surface area contributed by atoms with Crippen molar-refractivity contribution in [1.82, 2.24) is 9.47 Å². The fraction of sp³-hybridized carbons (Fsp3) is 0.300. The lowest BCUT2D eigenvalue weighted by Crippen LogP contribution is -2.37. The van der Waals surface area contributed by atoms with E-state index >= 15 is 0 Å². The highest BCUT2D eigenvalue weighted by molar-refractivity contribution is 5.96. The molecule has 0 fully saturated rings. The minimum absolute atomic E-state index is 0. The van der Waals surface area contributed by atoms with E-state index in [1.54, 1.807) is 22.8 Å². The lowest BCUT2D eigenvalue weighted by Gasteiger charge is -2.13. The summed E-state index contributed by atoms with van der Waals surface area (Å²) in [7, 11) is 3.88. The number of oxazole rings is 1. The molecule has 3 aromatic rings. The largest absolute Gasteiger partial charge is 0.419 e. The average molecular weight is 441 g/mol. The van der Waals surface area contributed by atoms with Gasteiger partial charge in [-0.15, -0.1) is 24.8 Å². The van der Waals surface area contributed by atoms with Crippen LogP contribution in [0.5, 0.6) is 0 Å². The van der Waals surface area contributed by atoms with E-state index in [-0.39, 0.29) is 30.7 Å². The van der Waals surface area contributed by atoms with Gasteiger partial charge >= 0.3 is 5.76 Å². The van der Waals surface area contributed by atoms with Crippen LogP contribution in [0.15, 0.2) is 57.7 Å². The molecule has 1 aromatic heterocycles. The molecule has 0 saturated carbocycles. The van der Waals surface area contributed by atoms with Crippen molar-refractivity contribution in [1.29, 1.82) is 0 Å². The second-order valence-corrected chi connectivity index (χ2v) is 6.79. The maximum atomic E-state index is 12.4. The molecule has 0 aliphatic heterocycles. The third-order valence-corrected chi connectivity index (χ3v) is 4.34. The molecule has 1 atom stereocenters. The highest BCUT2D eigenvalue weighted by Gasteiger charge is 2.16. The Morgan fingerprint density at radius 2 is 1.86 bits per heavy atom. The Bertz CT molecular complexity index is 986. The quantitative estimate of drug-likeness (QED) is 0.588. The molecule has 7 nitrogen and oxygen atoms in total. The number of aromatic nitrogens is 1. The van der Waals surface area contributed by atoms with Gasteiger partial charge in [0.15, 0.2) is 5.58 Å². The van der Waals surface area contributed by atoms with Gasteiger partial charge in [0.2, 0.25) is 5.91 Å². The van der Waals surface area contributed by atoms with Gasteiger partial charge in [-0.25, -0.2) is 4.79 Å². The molecule has 3 rings (SSSR count). The Morgan fingerprint density at radius 1 is 1.17 bits per heavy atom. The van der Waals surface area contributed by atoms with Gasteiger partial charge in [-0.1, -0.05) is 30.3 Å². The minimum Gasteiger partial charge on any atom is -0.408 e. The predicted molar refractivity (Wildman–Crippen MR) is 120 cm³/mol.